The molecule has 0 spiro atoms. The van der Waals surface area contributed by atoms with Crippen molar-refractivity contribution >= 4 is 27.7 Å². The van der Waals surface area contributed by atoms with E-state index < -0.39 is 58.6 Å². The van der Waals surface area contributed by atoms with Crippen molar-refractivity contribution in [2.24, 2.45) is 0 Å². The van der Waals surface area contributed by atoms with E-state index in [0.29, 0.717) is 11.4 Å². The first-order valence-electron chi connectivity index (χ1n) is 11.9. The van der Waals surface area contributed by atoms with Crippen LogP contribution in [0.5, 0.6) is 0 Å². The normalized spacial score (nSPS) is 29.8. The molecule has 0 unspecified atom stereocenters. The molecule has 12 heteroatoms. The predicted octanol–water partition coefficient (Wildman–Crippen LogP) is 3.19. The van der Waals surface area contributed by atoms with Gasteiger partial charge in [0.2, 0.25) is 5.79 Å². The number of fused-ring (bicyclic) bond motifs is 3. The molecule has 1 N–H and O–H groups in total. The second kappa shape index (κ2) is 9.31. The minimum Gasteiger partial charge on any atom is -0.343 e. The van der Waals surface area contributed by atoms with Gasteiger partial charge < -0.3 is 23.7 Å². The summed E-state index contributed by atoms with van der Waals surface area (Å²) in [5.74, 6) is -3.57. The van der Waals surface area contributed by atoms with Gasteiger partial charge in [-0.15, -0.1) is 0 Å². The van der Waals surface area contributed by atoms with Crippen LogP contribution in [0, 0.1) is 0 Å². The molecule has 3 aliphatic rings. The highest BCUT2D eigenvalue weighted by atomic mass is 32.2. The highest BCUT2D eigenvalue weighted by Gasteiger charge is 2.65. The fraction of sp³-hybridized carbons (Fsp3) is 0.480. The number of carbonyl (C=O) groups is 1. The maximum Gasteiger partial charge on any atom is 0.363 e. The van der Waals surface area contributed by atoms with Gasteiger partial charge in [-0.2, -0.15) is 8.42 Å². The molecule has 3 saturated heterocycles. The smallest absolute Gasteiger partial charge is 0.343 e. The van der Waals surface area contributed by atoms with Crippen LogP contribution in [0.3, 0.4) is 0 Å². The van der Waals surface area contributed by atoms with Gasteiger partial charge in [-0.3, -0.25) is 4.90 Å². The zero-order valence-electron chi connectivity index (χ0n) is 20.9. The van der Waals surface area contributed by atoms with E-state index in [1.807, 2.05) is 4.72 Å². The Hall–Kier alpha value is -2.58. The van der Waals surface area contributed by atoms with Crippen molar-refractivity contribution < 1.29 is 41.1 Å². The lowest BCUT2D eigenvalue weighted by Gasteiger charge is -2.40. The molecule has 11 nitrogen and oxygen atoms in total. The zero-order chi connectivity index (χ0) is 26.5. The summed E-state index contributed by atoms with van der Waals surface area (Å²) in [6, 6.07) is 16.4. The first-order chi connectivity index (χ1) is 17.4. The van der Waals surface area contributed by atoms with Crippen LogP contribution in [-0.2, 0) is 38.2 Å². The second-order valence-corrected chi connectivity index (χ2v) is 11.3. The average Bonchev–Trinajstić information content (AvgIpc) is 3.30. The van der Waals surface area contributed by atoms with Crippen LogP contribution in [0.15, 0.2) is 60.7 Å². The molecular weight excluding hydrogens is 504 g/mol. The molecule has 3 aliphatic heterocycles. The molecule has 2 aromatic rings. The molecular formula is C25H30N2O9S. The van der Waals surface area contributed by atoms with Crippen molar-refractivity contribution in [3.05, 3.63) is 60.7 Å². The Morgan fingerprint density at radius 1 is 0.946 bits per heavy atom. The third kappa shape index (κ3) is 5.36. The fourth-order valence-corrected chi connectivity index (χ4v) is 5.51. The Morgan fingerprint density at radius 3 is 2.14 bits per heavy atom. The molecule has 0 radical (unpaired) electrons. The number of para-hydroxylation sites is 2. The van der Waals surface area contributed by atoms with E-state index in [9.17, 15) is 13.2 Å². The van der Waals surface area contributed by atoms with Crippen LogP contribution < -0.4 is 9.62 Å². The Morgan fingerprint density at radius 2 is 1.54 bits per heavy atom. The molecule has 3 fully saturated rings. The van der Waals surface area contributed by atoms with Crippen LogP contribution in [0.2, 0.25) is 0 Å². The van der Waals surface area contributed by atoms with Gasteiger partial charge in [-0.25, -0.2) is 13.7 Å². The molecule has 4 atom stereocenters. The van der Waals surface area contributed by atoms with E-state index in [1.54, 1.807) is 88.4 Å². The highest BCUT2D eigenvalue weighted by molar-refractivity contribution is 7.85. The number of nitrogens with zero attached hydrogens (tertiary/aromatic N) is 1. The SMILES string of the molecule is CC1(C)O[C@@H]2[C@@H](CO[C@@]3(COS(=O)(=O)NC(=O)N(c4ccccc4)c4ccccc4)OC(C)(C)O[C@@H]23)O1. The first-order valence-corrected chi connectivity index (χ1v) is 13.3. The predicted molar refractivity (Wildman–Crippen MR) is 131 cm³/mol. The number of hydrogen-bond acceptors (Lipinski definition) is 9. The first kappa shape index (κ1) is 26.0. The molecule has 5 rings (SSSR count). The largest absolute Gasteiger partial charge is 0.363 e. The monoisotopic (exact) mass is 534 g/mol. The second-order valence-electron chi connectivity index (χ2n) is 9.93. The van der Waals surface area contributed by atoms with Crippen molar-refractivity contribution in [3.63, 3.8) is 0 Å². The lowest BCUT2D eigenvalue weighted by Crippen LogP contribution is -2.61. The number of carbonyl (C=O) groups excluding carboxylic acids is 1. The maximum absolute atomic E-state index is 13.2. The molecule has 37 heavy (non-hydrogen) atoms. The number of nitrogens with one attached hydrogen (secondary N) is 1. The fourth-order valence-electron chi connectivity index (χ4n) is 4.83. The van der Waals surface area contributed by atoms with Crippen LogP contribution in [0.25, 0.3) is 0 Å². The van der Waals surface area contributed by atoms with E-state index >= 15 is 0 Å². The van der Waals surface area contributed by atoms with Gasteiger partial charge in [0.25, 0.3) is 0 Å². The lowest BCUT2D eigenvalue weighted by molar-refractivity contribution is -0.290. The summed E-state index contributed by atoms with van der Waals surface area (Å²) in [5.41, 5.74) is 0.939. The van der Waals surface area contributed by atoms with Crippen molar-refractivity contribution in [2.75, 3.05) is 18.1 Å². The van der Waals surface area contributed by atoms with Gasteiger partial charge in [0.1, 0.15) is 24.9 Å². The summed E-state index contributed by atoms with van der Waals surface area (Å²) in [7, 11) is -4.60. The molecule has 0 aromatic heterocycles. The van der Waals surface area contributed by atoms with Crippen molar-refractivity contribution in [3.8, 4) is 0 Å². The number of rotatable bonds is 6. The molecule has 0 bridgehead atoms. The van der Waals surface area contributed by atoms with E-state index in [2.05, 4.69) is 0 Å². The highest BCUT2D eigenvalue weighted by Crippen LogP contribution is 2.47. The third-order valence-electron chi connectivity index (χ3n) is 6.13. The Balaban J connectivity index is 1.33. The number of benzene rings is 2. The van der Waals surface area contributed by atoms with E-state index in [-0.39, 0.29) is 6.61 Å². The number of ether oxygens (including phenoxy) is 5. The van der Waals surface area contributed by atoms with E-state index in [0.717, 1.165) is 0 Å². The van der Waals surface area contributed by atoms with Crippen LogP contribution in [0.1, 0.15) is 27.7 Å². The summed E-state index contributed by atoms with van der Waals surface area (Å²) >= 11 is 0. The molecule has 0 saturated carbocycles. The molecule has 2 aromatic carbocycles. The molecule has 3 heterocycles. The standard InChI is InChI=1S/C25H30N2O9S/c1-23(2)33-19-15-31-25(21(20(19)34-23)35-24(3,4)36-25)16-32-37(29,30)26-22(28)27(17-11-7-5-8-12-17)18-13-9-6-10-14-18/h5-14,19-21H,15-16H2,1-4H3,(H,26,28)/t19-,20-,21+,25+/m1/s1. The lowest BCUT2D eigenvalue weighted by atomic mass is 9.98. The summed E-state index contributed by atoms with van der Waals surface area (Å²) < 4.78 is 63.0. The molecule has 200 valence electrons. The van der Waals surface area contributed by atoms with Crippen LogP contribution in [0.4, 0.5) is 16.2 Å². The van der Waals surface area contributed by atoms with Gasteiger partial charge >= 0.3 is 16.3 Å². The average molecular weight is 535 g/mol. The Labute approximate surface area is 215 Å². The minimum absolute atomic E-state index is 0.0790. The topological polar surface area (TPSA) is 122 Å². The van der Waals surface area contributed by atoms with Gasteiger partial charge in [0.15, 0.2) is 11.6 Å². The van der Waals surface area contributed by atoms with Crippen molar-refractivity contribution in [2.45, 2.75) is 63.4 Å². The third-order valence-corrected chi connectivity index (χ3v) is 6.99. The number of amides is 2. The van der Waals surface area contributed by atoms with Crippen molar-refractivity contribution in [1.29, 1.82) is 0 Å². The summed E-state index contributed by atoms with van der Waals surface area (Å²) in [6.07, 6.45) is -1.83. The summed E-state index contributed by atoms with van der Waals surface area (Å²) in [5, 5.41) is 0. The van der Waals surface area contributed by atoms with Gasteiger partial charge in [0, 0.05) is 0 Å². The Bertz CT molecular complexity index is 1200. The van der Waals surface area contributed by atoms with Crippen LogP contribution >= 0.6 is 0 Å². The number of anilines is 2. The van der Waals surface area contributed by atoms with Crippen molar-refractivity contribution in [1.82, 2.24) is 4.72 Å². The van der Waals surface area contributed by atoms with Gasteiger partial charge in [0.05, 0.1) is 18.0 Å². The molecule has 2 amide bonds. The minimum atomic E-state index is -4.60. The van der Waals surface area contributed by atoms with E-state index in [1.165, 1.54) is 4.90 Å². The number of hydrogen-bond donors (Lipinski definition) is 1. The van der Waals surface area contributed by atoms with E-state index in [4.69, 9.17) is 27.9 Å². The summed E-state index contributed by atoms with van der Waals surface area (Å²) in [6.45, 7) is 6.41. The van der Waals surface area contributed by atoms with Gasteiger partial charge in [-0.1, -0.05) is 36.4 Å². The van der Waals surface area contributed by atoms with Crippen LogP contribution in [-0.4, -0.2) is 63.3 Å². The summed E-state index contributed by atoms with van der Waals surface area (Å²) in [4.78, 5) is 14.4. The Kier molecular flexibility index (Phi) is 6.55. The zero-order valence-corrected chi connectivity index (χ0v) is 21.8. The number of urea groups is 1. The maximum atomic E-state index is 13.2. The van der Waals surface area contributed by atoms with Gasteiger partial charge in [-0.05, 0) is 52.0 Å². The quantitative estimate of drug-likeness (QED) is 0.595. The molecule has 0 aliphatic carbocycles.